The van der Waals surface area contributed by atoms with Gasteiger partial charge in [-0.1, -0.05) is 0 Å². The SMILES string of the molecule is COCCn1cnnc1C1CN(C(C)=O)C1. The van der Waals surface area contributed by atoms with Gasteiger partial charge in [-0.05, 0) is 0 Å². The topological polar surface area (TPSA) is 60.2 Å². The van der Waals surface area contributed by atoms with Crippen molar-refractivity contribution >= 4 is 5.91 Å². The summed E-state index contributed by atoms with van der Waals surface area (Å²) >= 11 is 0. The number of hydrogen-bond donors (Lipinski definition) is 0. The predicted molar refractivity (Wildman–Crippen MR) is 56.9 cm³/mol. The van der Waals surface area contributed by atoms with Crippen LogP contribution in [0.25, 0.3) is 0 Å². The van der Waals surface area contributed by atoms with E-state index in [1.807, 2.05) is 4.57 Å². The van der Waals surface area contributed by atoms with Crippen LogP contribution in [0, 0.1) is 0 Å². The molecule has 0 radical (unpaired) electrons. The lowest BCUT2D eigenvalue weighted by molar-refractivity contribution is -0.133. The summed E-state index contributed by atoms with van der Waals surface area (Å²) in [7, 11) is 1.67. The number of carbonyl (C=O) groups excluding carboxylic acids is 1. The number of rotatable bonds is 4. The number of amides is 1. The van der Waals surface area contributed by atoms with Gasteiger partial charge >= 0.3 is 0 Å². The van der Waals surface area contributed by atoms with Crippen LogP contribution in [-0.2, 0) is 16.1 Å². The Balaban J connectivity index is 1.95. The Morgan fingerprint density at radius 2 is 2.38 bits per heavy atom. The second-order valence-corrected chi connectivity index (χ2v) is 4.00. The van der Waals surface area contributed by atoms with Gasteiger partial charge in [0.1, 0.15) is 12.2 Å². The molecule has 2 heterocycles. The van der Waals surface area contributed by atoms with Crippen molar-refractivity contribution in [1.29, 1.82) is 0 Å². The van der Waals surface area contributed by atoms with Crippen molar-refractivity contribution in [2.24, 2.45) is 0 Å². The smallest absolute Gasteiger partial charge is 0.219 e. The lowest BCUT2D eigenvalue weighted by atomic mass is 9.99. The van der Waals surface area contributed by atoms with Crippen LogP contribution < -0.4 is 0 Å². The third-order valence-corrected chi connectivity index (χ3v) is 2.87. The van der Waals surface area contributed by atoms with E-state index in [0.29, 0.717) is 12.5 Å². The molecule has 0 unspecified atom stereocenters. The Morgan fingerprint density at radius 1 is 1.62 bits per heavy atom. The van der Waals surface area contributed by atoms with Crippen LogP contribution in [0.3, 0.4) is 0 Å². The highest BCUT2D eigenvalue weighted by atomic mass is 16.5. The summed E-state index contributed by atoms with van der Waals surface area (Å²) in [6, 6.07) is 0. The zero-order valence-corrected chi connectivity index (χ0v) is 9.59. The van der Waals surface area contributed by atoms with Crippen molar-refractivity contribution < 1.29 is 9.53 Å². The first-order chi connectivity index (χ1) is 7.72. The van der Waals surface area contributed by atoms with Crippen LogP contribution in [0.4, 0.5) is 0 Å². The Labute approximate surface area is 94.2 Å². The minimum Gasteiger partial charge on any atom is -0.383 e. The number of hydrogen-bond acceptors (Lipinski definition) is 4. The van der Waals surface area contributed by atoms with E-state index < -0.39 is 0 Å². The van der Waals surface area contributed by atoms with E-state index in [1.54, 1.807) is 25.3 Å². The van der Waals surface area contributed by atoms with E-state index in [-0.39, 0.29) is 5.91 Å². The summed E-state index contributed by atoms with van der Waals surface area (Å²) in [6.07, 6.45) is 1.71. The minimum atomic E-state index is 0.124. The van der Waals surface area contributed by atoms with Crippen LogP contribution in [0.15, 0.2) is 6.33 Å². The summed E-state index contributed by atoms with van der Waals surface area (Å²) in [6.45, 7) is 4.50. The molecule has 0 atom stereocenters. The van der Waals surface area contributed by atoms with Crippen LogP contribution in [-0.4, -0.2) is 52.4 Å². The third kappa shape index (κ3) is 2.06. The molecule has 16 heavy (non-hydrogen) atoms. The fourth-order valence-electron chi connectivity index (χ4n) is 1.84. The van der Waals surface area contributed by atoms with Crippen LogP contribution in [0.2, 0.25) is 0 Å². The highest BCUT2D eigenvalue weighted by molar-refractivity contribution is 5.74. The second-order valence-electron chi connectivity index (χ2n) is 4.00. The molecule has 0 aromatic carbocycles. The van der Waals surface area contributed by atoms with Gasteiger partial charge in [0.05, 0.1) is 12.5 Å². The van der Waals surface area contributed by atoms with Gasteiger partial charge in [0.2, 0.25) is 5.91 Å². The number of likely N-dealkylation sites (tertiary alicyclic amines) is 1. The van der Waals surface area contributed by atoms with E-state index >= 15 is 0 Å². The van der Waals surface area contributed by atoms with E-state index in [0.717, 1.165) is 25.5 Å². The largest absolute Gasteiger partial charge is 0.383 e. The zero-order valence-electron chi connectivity index (χ0n) is 9.59. The summed E-state index contributed by atoms with van der Waals surface area (Å²) in [5.74, 6) is 1.40. The Morgan fingerprint density at radius 3 is 3.00 bits per heavy atom. The minimum absolute atomic E-state index is 0.124. The van der Waals surface area contributed by atoms with Crippen LogP contribution in [0.5, 0.6) is 0 Å². The van der Waals surface area contributed by atoms with Gasteiger partial charge in [-0.3, -0.25) is 4.79 Å². The molecule has 0 bridgehead atoms. The molecule has 6 heteroatoms. The average molecular weight is 224 g/mol. The highest BCUT2D eigenvalue weighted by Gasteiger charge is 2.33. The van der Waals surface area contributed by atoms with Crippen molar-refractivity contribution in [3.05, 3.63) is 12.2 Å². The molecule has 1 aromatic rings. The van der Waals surface area contributed by atoms with Gasteiger partial charge in [0, 0.05) is 33.7 Å². The first kappa shape index (κ1) is 11.1. The molecule has 2 rings (SSSR count). The fraction of sp³-hybridized carbons (Fsp3) is 0.700. The van der Waals surface area contributed by atoms with Crippen molar-refractivity contribution in [1.82, 2.24) is 19.7 Å². The molecule has 0 N–H and O–H groups in total. The van der Waals surface area contributed by atoms with Gasteiger partial charge in [0.15, 0.2) is 0 Å². The van der Waals surface area contributed by atoms with Crippen molar-refractivity contribution in [3.8, 4) is 0 Å². The molecule has 1 aliphatic rings. The molecule has 0 spiro atoms. The Kier molecular flexibility index (Phi) is 3.19. The van der Waals surface area contributed by atoms with Gasteiger partial charge < -0.3 is 14.2 Å². The summed E-state index contributed by atoms with van der Waals surface area (Å²) < 4.78 is 7.01. The van der Waals surface area contributed by atoms with Gasteiger partial charge in [-0.15, -0.1) is 10.2 Å². The first-order valence-corrected chi connectivity index (χ1v) is 5.34. The summed E-state index contributed by atoms with van der Waals surface area (Å²) in [5, 5.41) is 8.01. The van der Waals surface area contributed by atoms with E-state index in [2.05, 4.69) is 10.2 Å². The Hall–Kier alpha value is -1.43. The van der Waals surface area contributed by atoms with Crippen molar-refractivity contribution in [2.75, 3.05) is 26.8 Å². The maximum Gasteiger partial charge on any atom is 0.219 e. The standard InChI is InChI=1S/C10H16N4O2/c1-8(15)14-5-9(6-14)10-12-11-7-13(10)3-4-16-2/h7,9H,3-6H2,1-2H3. The molecule has 88 valence electrons. The molecule has 1 aliphatic heterocycles. The average Bonchev–Trinajstić information content (AvgIpc) is 2.60. The maximum absolute atomic E-state index is 11.1. The van der Waals surface area contributed by atoms with Crippen LogP contribution >= 0.6 is 0 Å². The monoisotopic (exact) mass is 224 g/mol. The van der Waals surface area contributed by atoms with Crippen molar-refractivity contribution in [2.45, 2.75) is 19.4 Å². The number of ether oxygens (including phenoxy) is 1. The molecule has 1 aromatic heterocycles. The normalized spacial score (nSPS) is 16.2. The van der Waals surface area contributed by atoms with Crippen LogP contribution in [0.1, 0.15) is 18.7 Å². The maximum atomic E-state index is 11.1. The Bertz CT molecular complexity index is 371. The highest BCUT2D eigenvalue weighted by Crippen LogP contribution is 2.25. The molecule has 0 aliphatic carbocycles. The van der Waals surface area contributed by atoms with E-state index in [9.17, 15) is 4.79 Å². The molecule has 1 amide bonds. The number of methoxy groups -OCH3 is 1. The van der Waals surface area contributed by atoms with E-state index in [4.69, 9.17) is 4.74 Å². The van der Waals surface area contributed by atoms with Gasteiger partial charge in [0.25, 0.3) is 0 Å². The molecule has 1 fully saturated rings. The lowest BCUT2D eigenvalue weighted by Gasteiger charge is -2.37. The van der Waals surface area contributed by atoms with Gasteiger partial charge in [-0.2, -0.15) is 0 Å². The number of nitrogens with zero attached hydrogens (tertiary/aromatic N) is 4. The molecule has 0 saturated carbocycles. The number of aromatic nitrogens is 3. The molecule has 1 saturated heterocycles. The second kappa shape index (κ2) is 4.61. The summed E-state index contributed by atoms with van der Waals surface area (Å²) in [4.78, 5) is 12.9. The predicted octanol–water partition coefficient (Wildman–Crippen LogP) is -0.130. The quantitative estimate of drug-likeness (QED) is 0.715. The zero-order chi connectivity index (χ0) is 11.5. The fourth-order valence-corrected chi connectivity index (χ4v) is 1.84. The number of carbonyl (C=O) groups is 1. The molecule has 6 nitrogen and oxygen atoms in total. The third-order valence-electron chi connectivity index (χ3n) is 2.87. The lowest BCUT2D eigenvalue weighted by Crippen LogP contribution is -2.48. The first-order valence-electron chi connectivity index (χ1n) is 5.34. The van der Waals surface area contributed by atoms with E-state index in [1.165, 1.54) is 0 Å². The molecular formula is C10H16N4O2. The summed E-state index contributed by atoms with van der Waals surface area (Å²) in [5.41, 5.74) is 0. The van der Waals surface area contributed by atoms with Gasteiger partial charge in [-0.25, -0.2) is 0 Å². The molecular weight excluding hydrogens is 208 g/mol. The van der Waals surface area contributed by atoms with Crippen molar-refractivity contribution in [3.63, 3.8) is 0 Å².